The molecule has 0 amide bonds. The summed E-state index contributed by atoms with van der Waals surface area (Å²) in [6.07, 6.45) is 4.83. The molecule has 5 heteroatoms. The van der Waals surface area contributed by atoms with E-state index in [1.54, 1.807) is 0 Å². The molecule has 1 N–H and O–H groups in total. The van der Waals surface area contributed by atoms with E-state index in [2.05, 4.69) is 23.2 Å². The molecule has 3 aliphatic carbocycles. The monoisotopic (exact) mass is 260 g/mol. The third-order valence-corrected chi connectivity index (χ3v) is 5.37. The topological polar surface area (TPSA) is 55.8 Å². The Morgan fingerprint density at radius 2 is 2.29 bits per heavy atom. The van der Waals surface area contributed by atoms with Crippen molar-refractivity contribution in [3.63, 3.8) is 0 Å². The molecule has 0 heterocycles. The largest absolute Gasteiger partial charge is 0.299 e. The zero-order valence-corrected chi connectivity index (χ0v) is 11.2. The van der Waals surface area contributed by atoms with Gasteiger partial charge in [-0.15, -0.1) is 4.33 Å². The van der Waals surface area contributed by atoms with Gasteiger partial charge >= 0.3 is 0 Å². The SMILES string of the molecule is CC1(C)CC2(CSOOO)CCCC1CC2=O. The molecule has 2 bridgehead atoms. The molecule has 17 heavy (non-hydrogen) atoms. The fourth-order valence-electron chi connectivity index (χ4n) is 3.60. The number of fused-ring (bicyclic) bond motifs is 4. The summed E-state index contributed by atoms with van der Waals surface area (Å²) in [5.74, 6) is 1.47. The Morgan fingerprint density at radius 1 is 1.53 bits per heavy atom. The van der Waals surface area contributed by atoms with Gasteiger partial charge in [0, 0.05) is 29.6 Å². The number of Topliss-reactive ketones (excluding diaryl/α,β-unsaturated/α-hetero) is 1. The van der Waals surface area contributed by atoms with Crippen molar-refractivity contribution in [3.05, 3.63) is 0 Å². The Balaban J connectivity index is 2.14. The van der Waals surface area contributed by atoms with Gasteiger partial charge in [0.1, 0.15) is 5.78 Å². The molecule has 3 aliphatic rings. The van der Waals surface area contributed by atoms with Gasteiger partial charge < -0.3 is 0 Å². The number of carbonyl (C=O) groups excluding carboxylic acids is 1. The predicted molar refractivity (Wildman–Crippen MR) is 65.1 cm³/mol. The lowest BCUT2D eigenvalue weighted by atomic mass is 9.60. The molecule has 3 saturated carbocycles. The summed E-state index contributed by atoms with van der Waals surface area (Å²) in [4.78, 5) is 12.3. The average Bonchev–Trinajstić information content (AvgIpc) is 2.47. The van der Waals surface area contributed by atoms with E-state index in [0.717, 1.165) is 37.7 Å². The smallest absolute Gasteiger partial charge is 0.140 e. The van der Waals surface area contributed by atoms with Gasteiger partial charge in [-0.05, 0) is 30.6 Å². The van der Waals surface area contributed by atoms with Crippen LogP contribution >= 0.6 is 12.0 Å². The fraction of sp³-hybridized carbons (Fsp3) is 0.917. The first-order chi connectivity index (χ1) is 8.00. The number of hydrogen-bond acceptors (Lipinski definition) is 5. The standard InChI is InChI=1S/C12H20O4S/c1-11(2)7-12(8-17-16-15-14)5-3-4-9(11)6-10(12)13/h9,14H,3-8H2,1-2H3. The summed E-state index contributed by atoms with van der Waals surface area (Å²) < 4.78 is 4.46. The first-order valence-electron chi connectivity index (χ1n) is 6.13. The molecule has 0 aromatic rings. The molecule has 98 valence electrons. The Morgan fingerprint density at radius 3 is 3.00 bits per heavy atom. The van der Waals surface area contributed by atoms with E-state index in [1.807, 2.05) is 0 Å². The van der Waals surface area contributed by atoms with Crippen molar-refractivity contribution in [2.45, 2.75) is 46.0 Å². The van der Waals surface area contributed by atoms with Crippen molar-refractivity contribution in [2.75, 3.05) is 5.75 Å². The highest BCUT2D eigenvalue weighted by atomic mass is 32.2. The minimum Gasteiger partial charge on any atom is -0.299 e. The number of rotatable bonds is 4. The summed E-state index contributed by atoms with van der Waals surface area (Å²) in [5, 5.41) is 11.8. The lowest BCUT2D eigenvalue weighted by molar-refractivity contribution is -0.432. The second-order valence-corrected chi connectivity index (χ2v) is 6.73. The Hall–Kier alpha value is -0.100. The van der Waals surface area contributed by atoms with Crippen molar-refractivity contribution in [1.82, 2.24) is 0 Å². The van der Waals surface area contributed by atoms with Crippen LogP contribution in [0.15, 0.2) is 0 Å². The Bertz CT molecular complexity index is 305. The summed E-state index contributed by atoms with van der Waals surface area (Å²) >= 11 is 1.03. The summed E-state index contributed by atoms with van der Waals surface area (Å²) in [7, 11) is 0. The number of ketones is 1. The van der Waals surface area contributed by atoms with E-state index in [0.29, 0.717) is 23.9 Å². The van der Waals surface area contributed by atoms with Crippen LogP contribution in [-0.4, -0.2) is 16.8 Å². The zero-order chi connectivity index (χ0) is 12.5. The molecular formula is C12H20O4S. The lowest BCUT2D eigenvalue weighted by Gasteiger charge is -2.45. The van der Waals surface area contributed by atoms with E-state index in [4.69, 9.17) is 5.26 Å². The van der Waals surface area contributed by atoms with Crippen molar-refractivity contribution < 1.29 is 19.4 Å². The highest BCUT2D eigenvalue weighted by Crippen LogP contribution is 2.55. The predicted octanol–water partition coefficient (Wildman–Crippen LogP) is 3.23. The van der Waals surface area contributed by atoms with Crippen molar-refractivity contribution in [2.24, 2.45) is 16.7 Å². The minimum absolute atomic E-state index is 0.227. The van der Waals surface area contributed by atoms with Crippen LogP contribution in [0.25, 0.3) is 0 Å². The van der Waals surface area contributed by atoms with E-state index >= 15 is 0 Å². The number of carbonyl (C=O) groups is 1. The highest BCUT2D eigenvalue weighted by molar-refractivity contribution is 7.94. The summed E-state index contributed by atoms with van der Waals surface area (Å²) in [5.41, 5.74) is -0.0509. The first-order valence-corrected chi connectivity index (χ1v) is 7.04. The maximum atomic E-state index is 12.3. The van der Waals surface area contributed by atoms with Gasteiger partial charge in [0.2, 0.25) is 0 Å². The van der Waals surface area contributed by atoms with Gasteiger partial charge in [0.25, 0.3) is 0 Å². The third-order valence-electron chi connectivity index (χ3n) is 4.54. The normalized spacial score (nSPS) is 35.9. The van der Waals surface area contributed by atoms with Crippen LogP contribution in [0.3, 0.4) is 0 Å². The van der Waals surface area contributed by atoms with Gasteiger partial charge in [-0.1, -0.05) is 25.3 Å². The molecule has 0 aliphatic heterocycles. The summed E-state index contributed by atoms with van der Waals surface area (Å²) in [6.45, 7) is 4.52. The average molecular weight is 260 g/mol. The summed E-state index contributed by atoms with van der Waals surface area (Å²) in [6, 6.07) is 0. The highest BCUT2D eigenvalue weighted by Gasteiger charge is 2.52. The molecule has 3 rings (SSSR count). The van der Waals surface area contributed by atoms with E-state index < -0.39 is 0 Å². The molecule has 2 unspecified atom stereocenters. The quantitative estimate of drug-likeness (QED) is 0.364. The van der Waals surface area contributed by atoms with Crippen LogP contribution in [0.5, 0.6) is 0 Å². The molecule has 0 saturated heterocycles. The van der Waals surface area contributed by atoms with Crippen LogP contribution in [0.2, 0.25) is 0 Å². The number of hydrogen-bond donors (Lipinski definition) is 1. The fourth-order valence-corrected chi connectivity index (χ4v) is 4.33. The second-order valence-electron chi connectivity index (χ2n) is 6.07. The molecule has 2 atom stereocenters. The molecule has 4 nitrogen and oxygen atoms in total. The van der Waals surface area contributed by atoms with Gasteiger partial charge in [-0.3, -0.25) is 4.79 Å². The van der Waals surface area contributed by atoms with Gasteiger partial charge in [0.15, 0.2) is 0 Å². The van der Waals surface area contributed by atoms with E-state index in [-0.39, 0.29) is 10.8 Å². The third kappa shape index (κ3) is 2.52. The maximum absolute atomic E-state index is 12.3. The molecule has 3 fully saturated rings. The zero-order valence-electron chi connectivity index (χ0n) is 10.4. The molecule has 0 aromatic heterocycles. The second kappa shape index (κ2) is 4.88. The molecule has 0 radical (unpaired) electrons. The van der Waals surface area contributed by atoms with Crippen LogP contribution in [0.4, 0.5) is 0 Å². The van der Waals surface area contributed by atoms with Gasteiger partial charge in [-0.25, -0.2) is 5.26 Å². The van der Waals surface area contributed by atoms with Crippen LogP contribution in [0, 0.1) is 16.7 Å². The molecular weight excluding hydrogens is 240 g/mol. The van der Waals surface area contributed by atoms with Crippen LogP contribution in [0.1, 0.15) is 46.0 Å². The van der Waals surface area contributed by atoms with Crippen molar-refractivity contribution in [1.29, 1.82) is 0 Å². The van der Waals surface area contributed by atoms with Gasteiger partial charge in [-0.2, -0.15) is 0 Å². The van der Waals surface area contributed by atoms with E-state index in [1.165, 1.54) is 0 Å². The minimum atomic E-state index is -0.278. The maximum Gasteiger partial charge on any atom is 0.140 e. The molecule has 0 spiro atoms. The van der Waals surface area contributed by atoms with Crippen molar-refractivity contribution >= 4 is 17.8 Å². The van der Waals surface area contributed by atoms with E-state index in [9.17, 15) is 4.79 Å². The van der Waals surface area contributed by atoms with Gasteiger partial charge in [0.05, 0.1) is 0 Å². The van der Waals surface area contributed by atoms with Crippen LogP contribution < -0.4 is 0 Å². The first kappa shape index (κ1) is 13.3. The van der Waals surface area contributed by atoms with Crippen molar-refractivity contribution in [3.8, 4) is 0 Å². The Labute approximate surface area is 106 Å². The molecule has 0 aromatic carbocycles. The lowest BCUT2D eigenvalue weighted by Crippen LogP contribution is -2.45. The Kier molecular flexibility index (Phi) is 3.83. The van der Waals surface area contributed by atoms with Crippen LogP contribution in [-0.2, 0) is 14.2 Å².